The van der Waals surface area contributed by atoms with E-state index in [2.05, 4.69) is 10.6 Å². The summed E-state index contributed by atoms with van der Waals surface area (Å²) < 4.78 is 0. The van der Waals surface area contributed by atoms with E-state index >= 15 is 0 Å². The maximum absolute atomic E-state index is 12.2. The smallest absolute Gasteiger partial charge is 0.251 e. The molecule has 3 amide bonds. The molecule has 1 saturated heterocycles. The number of hydrogen-bond donors (Lipinski definition) is 2. The summed E-state index contributed by atoms with van der Waals surface area (Å²) in [5.41, 5.74) is 1.16. The quantitative estimate of drug-likeness (QED) is 0.875. The number of benzene rings is 1. The van der Waals surface area contributed by atoms with E-state index in [0.29, 0.717) is 30.0 Å². The summed E-state index contributed by atoms with van der Waals surface area (Å²) in [6, 6.07) is 5.25. The third kappa shape index (κ3) is 3.85. The van der Waals surface area contributed by atoms with Gasteiger partial charge in [0.05, 0.1) is 11.4 Å². The van der Waals surface area contributed by atoms with Gasteiger partial charge < -0.3 is 15.5 Å². The molecule has 0 saturated carbocycles. The zero-order valence-electron chi connectivity index (χ0n) is 12.8. The molecule has 0 radical (unpaired) electrons. The first-order valence-electron chi connectivity index (χ1n) is 7.76. The highest BCUT2D eigenvalue weighted by Crippen LogP contribution is 2.31. The monoisotopic (exact) mass is 333 g/mol. The fraction of sp³-hybridized carbons (Fsp3) is 0.438. The molecule has 2 N–H and O–H groups in total. The second kappa shape index (κ2) is 7.04. The topological polar surface area (TPSA) is 78.5 Å². The predicted molar refractivity (Wildman–Crippen MR) is 88.6 cm³/mol. The van der Waals surface area contributed by atoms with Crippen molar-refractivity contribution < 1.29 is 14.4 Å². The Morgan fingerprint density at radius 1 is 1.26 bits per heavy atom. The van der Waals surface area contributed by atoms with Crippen molar-refractivity contribution in [2.45, 2.75) is 24.2 Å². The molecular formula is C16H19N3O3S. The molecule has 23 heavy (non-hydrogen) atoms. The predicted octanol–water partition coefficient (Wildman–Crippen LogP) is 1.47. The van der Waals surface area contributed by atoms with Crippen LogP contribution in [-0.4, -0.2) is 48.0 Å². The van der Waals surface area contributed by atoms with E-state index in [1.807, 2.05) is 11.0 Å². The van der Waals surface area contributed by atoms with Crippen LogP contribution in [-0.2, 0) is 9.59 Å². The first-order chi connectivity index (χ1) is 11.1. The van der Waals surface area contributed by atoms with Gasteiger partial charge >= 0.3 is 0 Å². The van der Waals surface area contributed by atoms with Gasteiger partial charge in [-0.3, -0.25) is 14.4 Å². The van der Waals surface area contributed by atoms with Gasteiger partial charge in [-0.1, -0.05) is 0 Å². The number of nitrogens with zero attached hydrogens (tertiary/aromatic N) is 1. The molecule has 2 heterocycles. The number of thioether (sulfide) groups is 1. The van der Waals surface area contributed by atoms with E-state index in [4.69, 9.17) is 0 Å². The molecule has 0 atom stereocenters. The number of likely N-dealkylation sites (tertiary alicyclic amines) is 1. The van der Waals surface area contributed by atoms with Crippen molar-refractivity contribution >= 4 is 35.2 Å². The van der Waals surface area contributed by atoms with Crippen LogP contribution >= 0.6 is 11.8 Å². The molecule has 3 rings (SSSR count). The van der Waals surface area contributed by atoms with Crippen LogP contribution in [0.25, 0.3) is 0 Å². The third-order valence-electron chi connectivity index (χ3n) is 3.96. The highest BCUT2D eigenvalue weighted by molar-refractivity contribution is 8.00. The standard InChI is InChI=1S/C16H19N3O3S/c20-14-10-23-13-4-3-11(9-12(13)18-14)16(22)17-6-5-15(21)19-7-1-2-8-19/h3-4,9H,1-2,5-8,10H2,(H,17,22)(H,18,20). The van der Waals surface area contributed by atoms with Gasteiger partial charge in [0.1, 0.15) is 0 Å². The first-order valence-corrected chi connectivity index (χ1v) is 8.75. The molecule has 6 nitrogen and oxygen atoms in total. The Balaban J connectivity index is 1.53. The van der Waals surface area contributed by atoms with Crippen LogP contribution in [0.1, 0.15) is 29.6 Å². The normalized spacial score (nSPS) is 16.7. The average molecular weight is 333 g/mol. The molecule has 0 aliphatic carbocycles. The van der Waals surface area contributed by atoms with E-state index in [1.54, 1.807) is 12.1 Å². The number of carbonyl (C=O) groups is 3. The summed E-state index contributed by atoms with van der Waals surface area (Å²) >= 11 is 1.46. The Morgan fingerprint density at radius 3 is 2.83 bits per heavy atom. The van der Waals surface area contributed by atoms with Crippen LogP contribution < -0.4 is 10.6 Å². The summed E-state index contributed by atoms with van der Waals surface area (Å²) in [7, 11) is 0. The molecule has 1 aromatic carbocycles. The van der Waals surface area contributed by atoms with Gasteiger partial charge in [0, 0.05) is 36.5 Å². The molecule has 0 bridgehead atoms. The number of amides is 3. The van der Waals surface area contributed by atoms with Crippen molar-refractivity contribution in [1.29, 1.82) is 0 Å². The van der Waals surface area contributed by atoms with Gasteiger partial charge in [0.25, 0.3) is 5.91 Å². The lowest BCUT2D eigenvalue weighted by molar-refractivity contribution is -0.130. The van der Waals surface area contributed by atoms with Gasteiger partial charge in [0.2, 0.25) is 11.8 Å². The van der Waals surface area contributed by atoms with Gasteiger partial charge in [0.15, 0.2) is 0 Å². The number of fused-ring (bicyclic) bond motifs is 1. The molecule has 0 unspecified atom stereocenters. The van der Waals surface area contributed by atoms with Gasteiger partial charge in [-0.25, -0.2) is 0 Å². The van der Waals surface area contributed by atoms with Crippen LogP contribution in [0.5, 0.6) is 0 Å². The largest absolute Gasteiger partial charge is 0.352 e. The van der Waals surface area contributed by atoms with E-state index in [9.17, 15) is 14.4 Å². The van der Waals surface area contributed by atoms with Gasteiger partial charge in [-0.05, 0) is 31.0 Å². The minimum absolute atomic E-state index is 0.0590. The fourth-order valence-corrected chi connectivity index (χ4v) is 3.52. The summed E-state index contributed by atoms with van der Waals surface area (Å²) in [4.78, 5) is 38.3. The molecule has 2 aliphatic rings. The Bertz CT molecular complexity index is 641. The lowest BCUT2D eigenvalue weighted by Crippen LogP contribution is -2.32. The van der Waals surface area contributed by atoms with Crippen molar-refractivity contribution in [2.24, 2.45) is 0 Å². The van der Waals surface area contributed by atoms with Gasteiger partial charge in [-0.15, -0.1) is 11.8 Å². The summed E-state index contributed by atoms with van der Waals surface area (Å²) in [5.74, 6) is 0.206. The van der Waals surface area contributed by atoms with Crippen molar-refractivity contribution in [3.05, 3.63) is 23.8 Å². The Labute approximate surface area is 139 Å². The maximum Gasteiger partial charge on any atom is 0.251 e. The number of carbonyl (C=O) groups excluding carboxylic acids is 3. The van der Waals surface area contributed by atoms with Crippen LogP contribution in [0, 0.1) is 0 Å². The Hall–Kier alpha value is -2.02. The second-order valence-corrected chi connectivity index (χ2v) is 6.66. The summed E-state index contributed by atoms with van der Waals surface area (Å²) in [5, 5.41) is 5.53. The van der Waals surface area contributed by atoms with E-state index in [1.165, 1.54) is 11.8 Å². The third-order valence-corrected chi connectivity index (χ3v) is 5.03. The highest BCUT2D eigenvalue weighted by atomic mass is 32.2. The maximum atomic E-state index is 12.2. The minimum atomic E-state index is -0.230. The number of hydrogen-bond acceptors (Lipinski definition) is 4. The molecule has 1 aromatic rings. The number of anilines is 1. The molecule has 7 heteroatoms. The minimum Gasteiger partial charge on any atom is -0.352 e. The number of rotatable bonds is 4. The van der Waals surface area contributed by atoms with E-state index in [-0.39, 0.29) is 17.7 Å². The summed E-state index contributed by atoms with van der Waals surface area (Å²) in [6.07, 6.45) is 2.46. The number of nitrogens with one attached hydrogen (secondary N) is 2. The van der Waals surface area contributed by atoms with E-state index < -0.39 is 0 Å². The molecule has 0 aromatic heterocycles. The molecular weight excluding hydrogens is 314 g/mol. The van der Waals surface area contributed by atoms with Crippen LogP contribution in [0.15, 0.2) is 23.1 Å². The van der Waals surface area contributed by atoms with E-state index in [0.717, 1.165) is 30.8 Å². The van der Waals surface area contributed by atoms with Gasteiger partial charge in [-0.2, -0.15) is 0 Å². The van der Waals surface area contributed by atoms with Crippen LogP contribution in [0.2, 0.25) is 0 Å². The van der Waals surface area contributed by atoms with Crippen LogP contribution in [0.4, 0.5) is 5.69 Å². The molecule has 0 spiro atoms. The van der Waals surface area contributed by atoms with Crippen molar-refractivity contribution in [3.8, 4) is 0 Å². The Morgan fingerprint density at radius 2 is 2.04 bits per heavy atom. The fourth-order valence-electron chi connectivity index (χ4n) is 2.73. The highest BCUT2D eigenvalue weighted by Gasteiger charge is 2.19. The average Bonchev–Trinajstić information content (AvgIpc) is 3.08. The molecule has 2 aliphatic heterocycles. The van der Waals surface area contributed by atoms with Crippen molar-refractivity contribution in [2.75, 3.05) is 30.7 Å². The summed E-state index contributed by atoms with van der Waals surface area (Å²) in [6.45, 7) is 1.98. The lowest BCUT2D eigenvalue weighted by Gasteiger charge is -2.17. The van der Waals surface area contributed by atoms with Crippen molar-refractivity contribution in [3.63, 3.8) is 0 Å². The molecule has 1 fully saturated rings. The SMILES string of the molecule is O=C1CSc2ccc(C(=O)NCCC(=O)N3CCCC3)cc2N1. The Kier molecular flexibility index (Phi) is 4.85. The zero-order valence-corrected chi connectivity index (χ0v) is 13.6. The van der Waals surface area contributed by atoms with Crippen LogP contribution in [0.3, 0.4) is 0 Å². The second-order valence-electron chi connectivity index (χ2n) is 5.64. The first kappa shape index (κ1) is 15.9. The molecule has 122 valence electrons. The zero-order chi connectivity index (χ0) is 16.2. The van der Waals surface area contributed by atoms with Crippen molar-refractivity contribution in [1.82, 2.24) is 10.2 Å². The lowest BCUT2D eigenvalue weighted by atomic mass is 10.2.